The van der Waals surface area contributed by atoms with E-state index in [4.69, 9.17) is 0 Å². The molecule has 2 aromatic rings. The van der Waals surface area contributed by atoms with Crippen LogP contribution in [0.15, 0.2) is 40.7 Å². The van der Waals surface area contributed by atoms with Crippen LogP contribution in [0.5, 0.6) is 0 Å². The summed E-state index contributed by atoms with van der Waals surface area (Å²) in [7, 11) is 0.536. The van der Waals surface area contributed by atoms with Gasteiger partial charge < -0.3 is 10.2 Å². The second kappa shape index (κ2) is 11.4. The van der Waals surface area contributed by atoms with E-state index in [9.17, 15) is 26.6 Å². The third kappa shape index (κ3) is 5.73. The zero-order chi connectivity index (χ0) is 29.6. The third-order valence-electron chi connectivity index (χ3n) is 8.15. The third-order valence-corrected chi connectivity index (χ3v) is 9.80. The number of aromatic nitrogens is 1. The Labute approximate surface area is 238 Å². The molecular weight excluding hydrogens is 563 g/mol. The topological polar surface area (TPSA) is 57.6 Å². The van der Waals surface area contributed by atoms with Gasteiger partial charge in [0, 0.05) is 61.3 Å². The van der Waals surface area contributed by atoms with Gasteiger partial charge in [-0.05, 0) is 63.3 Å². The lowest BCUT2D eigenvalue weighted by Gasteiger charge is -2.38. The van der Waals surface area contributed by atoms with E-state index in [2.05, 4.69) is 5.32 Å². The van der Waals surface area contributed by atoms with Crippen molar-refractivity contribution in [3.63, 3.8) is 0 Å². The Morgan fingerprint density at radius 1 is 1.12 bits per heavy atom. The molecule has 1 unspecified atom stereocenters. The average molecular weight is 597 g/mol. The monoisotopic (exact) mass is 596 g/mol. The predicted octanol–water partition coefficient (Wildman–Crippen LogP) is 5.41. The second-order valence-corrected chi connectivity index (χ2v) is 12.4. The molecule has 0 radical (unpaired) electrons. The summed E-state index contributed by atoms with van der Waals surface area (Å²) in [6, 6.07) is 1.64. The highest BCUT2D eigenvalue weighted by atomic mass is 32.2. The molecule has 3 heterocycles. The number of nitrogens with zero attached hydrogens (tertiary/aromatic N) is 3. The highest BCUT2D eigenvalue weighted by Gasteiger charge is 2.36. The maximum Gasteiger partial charge on any atom is 0.418 e. The second-order valence-electron chi connectivity index (χ2n) is 10.9. The molecule has 2 aliphatic heterocycles. The minimum Gasteiger partial charge on any atom is -0.378 e. The van der Waals surface area contributed by atoms with Gasteiger partial charge in [-0.15, -0.1) is 0 Å². The van der Waals surface area contributed by atoms with E-state index in [1.54, 1.807) is 26.0 Å². The van der Waals surface area contributed by atoms with E-state index >= 15 is 4.39 Å². The van der Waals surface area contributed by atoms with E-state index in [0.29, 0.717) is 43.3 Å². The summed E-state index contributed by atoms with van der Waals surface area (Å²) in [6.45, 7) is 5.09. The molecule has 1 aromatic carbocycles. The van der Waals surface area contributed by atoms with Gasteiger partial charge in [-0.3, -0.25) is 9.36 Å². The van der Waals surface area contributed by atoms with Crippen molar-refractivity contribution < 1.29 is 26.2 Å². The number of piperidine rings is 1. The van der Waals surface area contributed by atoms with Crippen LogP contribution < -0.4 is 15.8 Å². The fraction of sp³-hybridized carbons (Fsp3) is 0.483. The first-order valence-corrected chi connectivity index (χ1v) is 15.0. The van der Waals surface area contributed by atoms with Gasteiger partial charge >= 0.3 is 6.18 Å². The maximum atomic E-state index is 16.6. The number of halogens is 5. The van der Waals surface area contributed by atoms with Crippen LogP contribution >= 0.6 is 0 Å². The van der Waals surface area contributed by atoms with Crippen molar-refractivity contribution in [2.24, 2.45) is 7.05 Å². The van der Waals surface area contributed by atoms with Gasteiger partial charge in [0.25, 0.3) is 5.56 Å². The Kier molecular flexibility index (Phi) is 8.17. The first-order valence-electron chi connectivity index (χ1n) is 13.7. The van der Waals surface area contributed by atoms with Gasteiger partial charge in [0.1, 0.15) is 11.6 Å². The number of hydrogen-bond donors (Lipinski definition) is 1. The molecule has 1 aliphatic carbocycles. The van der Waals surface area contributed by atoms with Crippen LogP contribution in [0, 0.1) is 11.6 Å². The van der Waals surface area contributed by atoms with E-state index in [0.717, 1.165) is 30.7 Å². The molecule has 2 atom stereocenters. The van der Waals surface area contributed by atoms with Crippen molar-refractivity contribution >= 4 is 28.1 Å². The van der Waals surface area contributed by atoms with Crippen LogP contribution in [0.1, 0.15) is 49.8 Å². The van der Waals surface area contributed by atoms with Crippen molar-refractivity contribution in [1.82, 2.24) is 8.87 Å². The van der Waals surface area contributed by atoms with Crippen LogP contribution in [0.3, 0.4) is 0 Å². The van der Waals surface area contributed by atoms with Crippen LogP contribution in [-0.4, -0.2) is 50.6 Å². The molecule has 222 valence electrons. The first-order chi connectivity index (χ1) is 19.4. The van der Waals surface area contributed by atoms with Gasteiger partial charge in [-0.2, -0.15) is 13.2 Å². The molecule has 1 N–H and O–H groups in total. The van der Waals surface area contributed by atoms with Crippen molar-refractivity contribution in [1.29, 1.82) is 0 Å². The molecule has 0 saturated carbocycles. The minimum absolute atomic E-state index is 0.0784. The predicted molar refractivity (Wildman–Crippen MR) is 151 cm³/mol. The van der Waals surface area contributed by atoms with Gasteiger partial charge in [0.05, 0.1) is 16.5 Å². The van der Waals surface area contributed by atoms with Crippen LogP contribution in [-0.2, 0) is 30.6 Å². The summed E-state index contributed by atoms with van der Waals surface area (Å²) in [4.78, 5) is 15.4. The number of pyridine rings is 1. The molecule has 2 saturated heterocycles. The number of allylic oxidation sites excluding steroid dienone is 3. The molecule has 12 heteroatoms. The van der Waals surface area contributed by atoms with Crippen molar-refractivity contribution in [2.75, 3.05) is 35.6 Å². The molecule has 0 bridgehead atoms. The summed E-state index contributed by atoms with van der Waals surface area (Å²) in [5.41, 5.74) is -0.507. The number of alkyl halides is 3. The fourth-order valence-electron chi connectivity index (χ4n) is 6.08. The number of hydrogen-bond acceptors (Lipinski definition) is 4. The molecule has 2 fully saturated rings. The van der Waals surface area contributed by atoms with Crippen molar-refractivity contribution in [3.05, 3.63) is 74.6 Å². The lowest BCUT2D eigenvalue weighted by atomic mass is 9.93. The van der Waals surface area contributed by atoms with Crippen LogP contribution in [0.2, 0.25) is 0 Å². The number of fused-ring (bicyclic) bond motifs is 1. The Hall–Kier alpha value is -2.99. The summed E-state index contributed by atoms with van der Waals surface area (Å²) < 4.78 is 87.1. The Balaban J connectivity index is 1.51. The summed E-state index contributed by atoms with van der Waals surface area (Å²) in [5.74, 6) is -0.841. The average Bonchev–Trinajstić information content (AvgIpc) is 3.26. The lowest BCUT2D eigenvalue weighted by molar-refractivity contribution is -0.137. The largest absolute Gasteiger partial charge is 0.418 e. The Morgan fingerprint density at radius 2 is 1.83 bits per heavy atom. The molecular formula is C29H33F5N4O2S. The molecule has 6 nitrogen and oxygen atoms in total. The molecule has 0 amide bonds. The van der Waals surface area contributed by atoms with Crippen LogP contribution in [0.25, 0.3) is 5.57 Å². The standard InChI is InChI=1S/C29H33F5N4O2S/c1-17-5-7-21-25(22(15-17)18(2)35-24-8-6-19(30)16-23(24)29(32,33)34)26(31)27(36(3)28(21)39)37-12-9-20(10-13-37)38-11-4-14-41(38)40/h5-6,8,15-16,18,20,35H,4,7,9-14H2,1-3H3/t18-,41?/m1/s1. The lowest BCUT2D eigenvalue weighted by Crippen LogP contribution is -2.46. The molecule has 41 heavy (non-hydrogen) atoms. The highest BCUT2D eigenvalue weighted by Crippen LogP contribution is 2.39. The maximum absolute atomic E-state index is 16.6. The first kappa shape index (κ1) is 29.5. The van der Waals surface area contributed by atoms with Gasteiger partial charge in [0.2, 0.25) is 0 Å². The van der Waals surface area contributed by atoms with E-state index in [1.807, 2.05) is 9.21 Å². The highest BCUT2D eigenvalue weighted by molar-refractivity contribution is 7.82. The zero-order valence-electron chi connectivity index (χ0n) is 23.2. The Bertz CT molecular complexity index is 1490. The van der Waals surface area contributed by atoms with E-state index < -0.39 is 40.4 Å². The summed E-state index contributed by atoms with van der Waals surface area (Å²) in [5, 5.41) is 2.80. The molecule has 3 aliphatic rings. The zero-order valence-corrected chi connectivity index (χ0v) is 24.0. The van der Waals surface area contributed by atoms with Crippen molar-refractivity contribution in [2.45, 2.75) is 57.8 Å². The Morgan fingerprint density at radius 3 is 2.46 bits per heavy atom. The molecule has 0 spiro atoms. The van der Waals surface area contributed by atoms with E-state index in [1.165, 1.54) is 11.6 Å². The van der Waals surface area contributed by atoms with Crippen LogP contribution in [0.4, 0.5) is 33.5 Å². The van der Waals surface area contributed by atoms with Crippen molar-refractivity contribution in [3.8, 4) is 0 Å². The minimum atomic E-state index is -4.81. The summed E-state index contributed by atoms with van der Waals surface area (Å²) >= 11 is 0. The quantitative estimate of drug-likeness (QED) is 0.470. The van der Waals surface area contributed by atoms with E-state index in [-0.39, 0.29) is 40.7 Å². The smallest absolute Gasteiger partial charge is 0.378 e. The molecule has 1 aromatic heterocycles. The van der Waals surface area contributed by atoms with Gasteiger partial charge in [-0.1, -0.05) is 17.7 Å². The fourth-order valence-corrected chi connectivity index (χ4v) is 7.57. The SMILES string of the molecule is CC1=CCc2c(c(F)c(N3CCC(N4CCCS4=O)CC3)n(C)c2=O)C([C@@H](C)Nc2ccc(F)cc2C(F)(F)F)=C1. The number of anilines is 2. The normalized spacial score (nSPS) is 21.3. The number of benzene rings is 1. The number of rotatable bonds is 5. The molecule has 5 rings (SSSR count). The van der Waals surface area contributed by atoms with Gasteiger partial charge in [-0.25, -0.2) is 17.3 Å². The van der Waals surface area contributed by atoms with Gasteiger partial charge in [0.15, 0.2) is 5.82 Å². The summed E-state index contributed by atoms with van der Waals surface area (Å²) in [6.07, 6.45) is 1.06. The number of nitrogens with one attached hydrogen (secondary N) is 1.